The van der Waals surface area contributed by atoms with Crippen molar-refractivity contribution in [1.29, 1.82) is 0 Å². The van der Waals surface area contributed by atoms with Gasteiger partial charge in [-0.15, -0.1) is 0 Å². The van der Waals surface area contributed by atoms with Gasteiger partial charge < -0.3 is 14.7 Å². The molecular weight excluding hydrogens is 422 g/mol. The summed E-state index contributed by atoms with van der Waals surface area (Å²) < 4.78 is 5.64. The fraction of sp³-hybridized carbons (Fsp3) is 0.367. The molecule has 0 aliphatic rings. The highest BCUT2D eigenvalue weighted by molar-refractivity contribution is 5.91. The van der Waals surface area contributed by atoms with Crippen LogP contribution < -0.4 is 4.90 Å². The number of anilines is 1. The number of carbonyl (C=O) groups is 1. The summed E-state index contributed by atoms with van der Waals surface area (Å²) in [6.45, 7) is 8.52. The Bertz CT molecular complexity index is 1040. The molecule has 180 valence electrons. The molecule has 1 unspecified atom stereocenters. The Labute approximate surface area is 204 Å². The summed E-state index contributed by atoms with van der Waals surface area (Å²) in [7, 11) is 0. The van der Waals surface area contributed by atoms with E-state index in [1.807, 2.05) is 72.8 Å². The van der Waals surface area contributed by atoms with E-state index >= 15 is 0 Å². The second kappa shape index (κ2) is 12.8. The summed E-state index contributed by atoms with van der Waals surface area (Å²) in [5, 5.41) is 11.1. The van der Waals surface area contributed by atoms with Gasteiger partial charge >= 0.3 is 5.97 Å². The van der Waals surface area contributed by atoms with Crippen molar-refractivity contribution in [2.24, 2.45) is 0 Å². The number of ether oxygens (including phenoxy) is 1. The largest absolute Gasteiger partial charge is 0.508 e. The average molecular weight is 460 g/mol. The van der Waals surface area contributed by atoms with Gasteiger partial charge in [0.2, 0.25) is 0 Å². The first-order valence-electron chi connectivity index (χ1n) is 12.5. The first-order chi connectivity index (χ1) is 16.6. The molecule has 3 rings (SSSR count). The number of hydrogen-bond donors (Lipinski definition) is 1. The van der Waals surface area contributed by atoms with Crippen LogP contribution in [-0.4, -0.2) is 30.8 Å². The van der Waals surface area contributed by atoms with Crippen LogP contribution in [0.2, 0.25) is 0 Å². The summed E-state index contributed by atoms with van der Waals surface area (Å²) >= 11 is 0. The van der Waals surface area contributed by atoms with Crippen LogP contribution in [0.3, 0.4) is 0 Å². The zero-order valence-corrected chi connectivity index (χ0v) is 20.7. The van der Waals surface area contributed by atoms with Gasteiger partial charge in [-0.2, -0.15) is 0 Å². The van der Waals surface area contributed by atoms with E-state index in [1.165, 1.54) is 0 Å². The van der Waals surface area contributed by atoms with Crippen LogP contribution in [0.25, 0.3) is 0 Å². The van der Waals surface area contributed by atoms with E-state index in [0.717, 1.165) is 61.2 Å². The summed E-state index contributed by atoms with van der Waals surface area (Å²) in [5.41, 5.74) is 4.14. The molecule has 0 saturated carbocycles. The van der Waals surface area contributed by atoms with Gasteiger partial charge in [-0.05, 0) is 43.5 Å². The molecule has 0 heterocycles. The van der Waals surface area contributed by atoms with Crippen molar-refractivity contribution in [2.75, 3.05) is 24.6 Å². The van der Waals surface area contributed by atoms with Crippen molar-refractivity contribution >= 4 is 11.7 Å². The number of aromatic hydroxyl groups is 1. The molecule has 0 radical (unpaired) electrons. The van der Waals surface area contributed by atoms with Crippen molar-refractivity contribution in [1.82, 2.24) is 0 Å². The number of carbonyl (C=O) groups excluding carboxylic acids is 1. The Kier molecular flexibility index (Phi) is 9.57. The fourth-order valence-corrected chi connectivity index (χ4v) is 4.44. The third-order valence-electron chi connectivity index (χ3n) is 6.31. The van der Waals surface area contributed by atoms with Gasteiger partial charge in [-0.3, -0.25) is 0 Å². The first kappa shape index (κ1) is 25.4. The lowest BCUT2D eigenvalue weighted by molar-refractivity contribution is 0.0496. The van der Waals surface area contributed by atoms with Crippen molar-refractivity contribution in [3.8, 4) is 5.75 Å². The predicted octanol–water partition coefficient (Wildman–Crippen LogP) is 7.16. The Morgan fingerprint density at radius 1 is 0.853 bits per heavy atom. The Hall–Kier alpha value is -3.27. The maximum absolute atomic E-state index is 13.1. The number of nitrogens with zero attached hydrogens (tertiary/aromatic N) is 1. The SMILES string of the molecule is CCCCCCOC(=O)c1ccccc1C(c1ccccc1)c1ccc(N(CC)CC)cc1O. The van der Waals surface area contributed by atoms with Gasteiger partial charge in [0.25, 0.3) is 0 Å². The maximum atomic E-state index is 13.1. The lowest BCUT2D eigenvalue weighted by Crippen LogP contribution is -2.21. The zero-order valence-electron chi connectivity index (χ0n) is 20.7. The van der Waals surface area contributed by atoms with Gasteiger partial charge in [-0.1, -0.05) is 80.8 Å². The van der Waals surface area contributed by atoms with E-state index in [1.54, 1.807) is 0 Å². The third kappa shape index (κ3) is 6.19. The van der Waals surface area contributed by atoms with E-state index in [2.05, 4.69) is 25.7 Å². The second-order valence-electron chi connectivity index (χ2n) is 8.54. The highest BCUT2D eigenvalue weighted by Gasteiger charge is 2.25. The monoisotopic (exact) mass is 459 g/mol. The average Bonchev–Trinajstić information content (AvgIpc) is 2.87. The molecule has 4 nitrogen and oxygen atoms in total. The summed E-state index contributed by atoms with van der Waals surface area (Å²) in [5.74, 6) is -0.385. The van der Waals surface area contributed by atoms with E-state index in [4.69, 9.17) is 4.74 Å². The molecular formula is C30H37NO3. The Morgan fingerprint density at radius 3 is 2.24 bits per heavy atom. The highest BCUT2D eigenvalue weighted by Crippen LogP contribution is 2.40. The van der Waals surface area contributed by atoms with E-state index in [0.29, 0.717) is 12.2 Å². The maximum Gasteiger partial charge on any atom is 0.338 e. The van der Waals surface area contributed by atoms with Crippen LogP contribution in [0.5, 0.6) is 5.75 Å². The van der Waals surface area contributed by atoms with Crippen LogP contribution >= 0.6 is 0 Å². The topological polar surface area (TPSA) is 49.8 Å². The normalized spacial score (nSPS) is 11.7. The Balaban J connectivity index is 2.00. The molecule has 0 aliphatic carbocycles. The smallest absolute Gasteiger partial charge is 0.338 e. The fourth-order valence-electron chi connectivity index (χ4n) is 4.44. The van der Waals surface area contributed by atoms with E-state index in [9.17, 15) is 9.90 Å². The minimum Gasteiger partial charge on any atom is -0.508 e. The van der Waals surface area contributed by atoms with Crippen molar-refractivity contribution in [3.63, 3.8) is 0 Å². The van der Waals surface area contributed by atoms with Crippen LogP contribution in [0.1, 0.15) is 79.4 Å². The molecule has 1 N–H and O–H groups in total. The number of phenolic OH excluding ortho intramolecular Hbond substituents is 1. The molecule has 3 aromatic carbocycles. The second-order valence-corrected chi connectivity index (χ2v) is 8.54. The van der Waals surface area contributed by atoms with Crippen LogP contribution in [-0.2, 0) is 4.74 Å². The van der Waals surface area contributed by atoms with Gasteiger partial charge in [-0.25, -0.2) is 4.79 Å². The lowest BCUT2D eigenvalue weighted by Gasteiger charge is -2.25. The Morgan fingerprint density at radius 2 is 1.56 bits per heavy atom. The number of hydrogen-bond acceptors (Lipinski definition) is 4. The molecule has 0 spiro atoms. The van der Waals surface area contributed by atoms with Gasteiger partial charge in [0, 0.05) is 36.3 Å². The number of phenols is 1. The zero-order chi connectivity index (χ0) is 24.3. The van der Waals surface area contributed by atoms with E-state index in [-0.39, 0.29) is 17.6 Å². The molecule has 0 fully saturated rings. The van der Waals surface area contributed by atoms with Crippen LogP contribution in [0, 0.1) is 0 Å². The molecule has 0 saturated heterocycles. The predicted molar refractivity (Wildman–Crippen MR) is 140 cm³/mol. The van der Waals surface area contributed by atoms with Gasteiger partial charge in [0.1, 0.15) is 5.75 Å². The number of rotatable bonds is 12. The molecule has 0 aromatic heterocycles. The molecule has 4 heteroatoms. The van der Waals surface area contributed by atoms with Crippen molar-refractivity contribution < 1.29 is 14.6 Å². The molecule has 0 aliphatic heterocycles. The number of benzene rings is 3. The van der Waals surface area contributed by atoms with E-state index < -0.39 is 0 Å². The number of esters is 1. The van der Waals surface area contributed by atoms with Crippen LogP contribution in [0.15, 0.2) is 72.8 Å². The summed E-state index contributed by atoms with van der Waals surface area (Å²) in [6.07, 6.45) is 4.22. The standard InChI is InChI=1S/C30H37NO3/c1-4-7-8-14-21-34-30(33)26-18-13-12-17-25(26)29(23-15-10-9-11-16-23)27-20-19-24(22-28(27)32)31(5-2)6-3/h9-13,15-20,22,29,32H,4-8,14,21H2,1-3H3. The first-order valence-corrected chi connectivity index (χ1v) is 12.5. The lowest BCUT2D eigenvalue weighted by atomic mass is 9.82. The molecule has 1 atom stereocenters. The van der Waals surface area contributed by atoms with Crippen molar-refractivity contribution in [2.45, 2.75) is 52.4 Å². The molecule has 0 bridgehead atoms. The molecule has 3 aromatic rings. The number of unbranched alkanes of at least 4 members (excludes halogenated alkanes) is 3. The highest BCUT2D eigenvalue weighted by atomic mass is 16.5. The quantitative estimate of drug-likeness (QED) is 0.177. The van der Waals surface area contributed by atoms with Gasteiger partial charge in [0.15, 0.2) is 0 Å². The third-order valence-corrected chi connectivity index (χ3v) is 6.31. The minimum absolute atomic E-state index is 0.223. The minimum atomic E-state index is -0.313. The molecule has 0 amide bonds. The van der Waals surface area contributed by atoms with Crippen molar-refractivity contribution in [3.05, 3.63) is 95.1 Å². The van der Waals surface area contributed by atoms with Crippen LogP contribution in [0.4, 0.5) is 5.69 Å². The van der Waals surface area contributed by atoms with Gasteiger partial charge in [0.05, 0.1) is 12.2 Å². The molecule has 34 heavy (non-hydrogen) atoms. The summed E-state index contributed by atoms with van der Waals surface area (Å²) in [4.78, 5) is 15.3. The summed E-state index contributed by atoms with van der Waals surface area (Å²) in [6, 6.07) is 23.5.